The summed E-state index contributed by atoms with van der Waals surface area (Å²) in [5, 5.41) is 20.7. The summed E-state index contributed by atoms with van der Waals surface area (Å²) < 4.78 is 28.3. The lowest BCUT2D eigenvalue weighted by molar-refractivity contribution is -0.141. The Morgan fingerprint density at radius 3 is 2.67 bits per heavy atom. The van der Waals surface area contributed by atoms with Crippen LogP contribution in [0.3, 0.4) is 0 Å². The van der Waals surface area contributed by atoms with Crippen LogP contribution in [-0.2, 0) is 4.79 Å². The van der Waals surface area contributed by atoms with Gasteiger partial charge in [0.2, 0.25) is 0 Å². The Morgan fingerprint density at radius 1 is 1.43 bits per heavy atom. The van der Waals surface area contributed by atoms with Gasteiger partial charge in [-0.25, -0.2) is 0 Å². The van der Waals surface area contributed by atoms with Crippen molar-refractivity contribution in [2.45, 2.75) is 25.6 Å². The van der Waals surface area contributed by atoms with Gasteiger partial charge in [0.1, 0.15) is 5.75 Å². The van der Waals surface area contributed by atoms with Gasteiger partial charge in [0, 0.05) is 12.1 Å². The lowest BCUT2D eigenvalue weighted by atomic mass is 10.0. The number of aliphatic hydroxyl groups is 1. The van der Waals surface area contributed by atoms with Crippen molar-refractivity contribution in [3.8, 4) is 5.75 Å². The predicted octanol–water partition coefficient (Wildman–Crippen LogP) is 1.24. The number of halogens is 2. The zero-order chi connectivity index (χ0) is 16.0. The summed E-state index contributed by atoms with van der Waals surface area (Å²) in [4.78, 5) is 22.3. The Hall–Kier alpha value is -2.22. The number of ether oxygens (including phenoxy) is 1. The molecular weight excluding hydrogens is 288 g/mol. The molecule has 0 spiro atoms. The number of carbonyl (C=O) groups is 2. The van der Waals surface area contributed by atoms with Crippen molar-refractivity contribution in [3.05, 3.63) is 29.8 Å². The van der Waals surface area contributed by atoms with E-state index in [-0.39, 0.29) is 17.9 Å². The maximum Gasteiger partial charge on any atom is 0.387 e. The molecular formula is C13H15F2NO5. The van der Waals surface area contributed by atoms with E-state index in [0.29, 0.717) is 0 Å². The quantitative estimate of drug-likeness (QED) is 0.704. The molecule has 21 heavy (non-hydrogen) atoms. The third kappa shape index (κ3) is 6.17. The van der Waals surface area contributed by atoms with Gasteiger partial charge in [-0.1, -0.05) is 6.07 Å². The Bertz CT molecular complexity index is 519. The minimum absolute atomic E-state index is 0.0549. The molecule has 3 N–H and O–H groups in total. The number of carboxylic acid groups (broad SMARTS) is 1. The van der Waals surface area contributed by atoms with Crippen LogP contribution in [0.2, 0.25) is 0 Å². The van der Waals surface area contributed by atoms with Crippen molar-refractivity contribution in [1.82, 2.24) is 5.32 Å². The Balaban J connectivity index is 2.65. The average molecular weight is 303 g/mol. The van der Waals surface area contributed by atoms with E-state index in [0.717, 1.165) is 6.07 Å². The molecule has 0 heterocycles. The molecule has 0 aliphatic carbocycles. The fraction of sp³-hybridized carbons (Fsp3) is 0.385. The van der Waals surface area contributed by atoms with Gasteiger partial charge in [0.25, 0.3) is 5.91 Å². The first-order valence-corrected chi connectivity index (χ1v) is 5.97. The molecule has 1 atom stereocenters. The molecule has 0 bridgehead atoms. The highest BCUT2D eigenvalue weighted by molar-refractivity contribution is 5.94. The number of aliphatic carboxylic acids is 1. The van der Waals surface area contributed by atoms with Crippen molar-refractivity contribution in [2.24, 2.45) is 0 Å². The largest absolute Gasteiger partial charge is 0.481 e. The number of carbonyl (C=O) groups excluding carboxylic acids is 1. The average Bonchev–Trinajstić information content (AvgIpc) is 2.34. The van der Waals surface area contributed by atoms with Gasteiger partial charge in [-0.05, 0) is 25.1 Å². The molecule has 1 aromatic rings. The summed E-state index contributed by atoms with van der Waals surface area (Å²) in [6.45, 7) is -2.03. The molecule has 0 aliphatic heterocycles. The van der Waals surface area contributed by atoms with E-state index in [1.165, 1.54) is 25.1 Å². The molecule has 0 fully saturated rings. The summed E-state index contributed by atoms with van der Waals surface area (Å²) in [5.41, 5.74) is -1.56. The lowest BCUT2D eigenvalue weighted by Gasteiger charge is -2.21. The molecule has 1 rings (SSSR count). The Labute approximate surface area is 119 Å². The first-order chi connectivity index (χ1) is 9.69. The van der Waals surface area contributed by atoms with Crippen LogP contribution in [0.25, 0.3) is 0 Å². The van der Waals surface area contributed by atoms with E-state index >= 15 is 0 Å². The molecule has 6 nitrogen and oxygen atoms in total. The van der Waals surface area contributed by atoms with Gasteiger partial charge < -0.3 is 20.3 Å². The second kappa shape index (κ2) is 6.98. The highest BCUT2D eigenvalue weighted by atomic mass is 19.3. The molecule has 0 aromatic heterocycles. The van der Waals surface area contributed by atoms with Crippen LogP contribution in [-0.4, -0.2) is 40.8 Å². The fourth-order valence-corrected chi connectivity index (χ4v) is 1.57. The van der Waals surface area contributed by atoms with Crippen molar-refractivity contribution < 1.29 is 33.3 Å². The molecule has 0 radical (unpaired) electrons. The van der Waals surface area contributed by atoms with Gasteiger partial charge in [0.05, 0.1) is 12.0 Å². The second-order valence-corrected chi connectivity index (χ2v) is 4.66. The van der Waals surface area contributed by atoms with Crippen molar-refractivity contribution in [1.29, 1.82) is 0 Å². The zero-order valence-corrected chi connectivity index (χ0v) is 11.2. The number of carboxylic acids is 1. The first kappa shape index (κ1) is 16.8. The molecule has 1 unspecified atom stereocenters. The van der Waals surface area contributed by atoms with E-state index < -0.39 is 30.5 Å². The summed E-state index contributed by atoms with van der Waals surface area (Å²) in [6, 6.07) is 5.12. The summed E-state index contributed by atoms with van der Waals surface area (Å²) >= 11 is 0. The number of rotatable bonds is 7. The normalized spacial score (nSPS) is 13.6. The Morgan fingerprint density at radius 2 is 2.10 bits per heavy atom. The third-order valence-corrected chi connectivity index (χ3v) is 2.48. The number of hydrogen-bond donors (Lipinski definition) is 3. The van der Waals surface area contributed by atoms with E-state index in [4.69, 9.17) is 5.11 Å². The molecule has 1 amide bonds. The van der Waals surface area contributed by atoms with Crippen LogP contribution in [0.5, 0.6) is 5.75 Å². The SMILES string of the molecule is CC(O)(CNC(=O)c1cccc(OC(F)F)c1)CC(=O)O. The van der Waals surface area contributed by atoms with Gasteiger partial charge in [-0.2, -0.15) is 8.78 Å². The van der Waals surface area contributed by atoms with Crippen molar-refractivity contribution in [3.63, 3.8) is 0 Å². The molecule has 0 saturated heterocycles. The monoisotopic (exact) mass is 303 g/mol. The number of amides is 1. The van der Waals surface area contributed by atoms with Crippen molar-refractivity contribution in [2.75, 3.05) is 6.54 Å². The first-order valence-electron chi connectivity index (χ1n) is 5.97. The maximum atomic E-state index is 12.1. The minimum Gasteiger partial charge on any atom is -0.481 e. The van der Waals surface area contributed by atoms with Crippen LogP contribution >= 0.6 is 0 Å². The van der Waals surface area contributed by atoms with Crippen LogP contribution in [0, 0.1) is 0 Å². The zero-order valence-electron chi connectivity index (χ0n) is 11.2. The topological polar surface area (TPSA) is 95.9 Å². The summed E-state index contributed by atoms with van der Waals surface area (Å²) in [7, 11) is 0. The maximum absolute atomic E-state index is 12.1. The fourth-order valence-electron chi connectivity index (χ4n) is 1.57. The number of nitrogens with one attached hydrogen (secondary N) is 1. The van der Waals surface area contributed by atoms with Gasteiger partial charge >= 0.3 is 12.6 Å². The standard InChI is InChI=1S/C13H15F2NO5/c1-13(20,6-10(17)18)7-16-11(19)8-3-2-4-9(5-8)21-12(14)15/h2-5,12,20H,6-7H2,1H3,(H,16,19)(H,17,18). The van der Waals surface area contributed by atoms with Crippen LogP contribution in [0.15, 0.2) is 24.3 Å². The van der Waals surface area contributed by atoms with Gasteiger partial charge in [-0.3, -0.25) is 9.59 Å². The van der Waals surface area contributed by atoms with E-state index in [9.17, 15) is 23.5 Å². The molecule has 116 valence electrons. The smallest absolute Gasteiger partial charge is 0.387 e. The summed E-state index contributed by atoms with van der Waals surface area (Å²) in [5.74, 6) is -2.02. The number of alkyl halides is 2. The molecule has 0 aliphatic rings. The molecule has 0 saturated carbocycles. The van der Waals surface area contributed by atoms with E-state index in [1.807, 2.05) is 0 Å². The summed E-state index contributed by atoms with van der Waals surface area (Å²) in [6.07, 6.45) is -0.540. The predicted molar refractivity (Wildman–Crippen MR) is 68.3 cm³/mol. The van der Waals surface area contributed by atoms with Crippen LogP contribution in [0.1, 0.15) is 23.7 Å². The van der Waals surface area contributed by atoms with Crippen LogP contribution < -0.4 is 10.1 Å². The molecule has 8 heteroatoms. The third-order valence-electron chi connectivity index (χ3n) is 2.48. The number of benzene rings is 1. The minimum atomic E-state index is -3.00. The van der Waals surface area contributed by atoms with Gasteiger partial charge in [0.15, 0.2) is 0 Å². The lowest BCUT2D eigenvalue weighted by Crippen LogP contribution is -2.42. The highest BCUT2D eigenvalue weighted by Crippen LogP contribution is 2.16. The van der Waals surface area contributed by atoms with Gasteiger partial charge in [-0.15, -0.1) is 0 Å². The highest BCUT2D eigenvalue weighted by Gasteiger charge is 2.25. The Kier molecular flexibility index (Phi) is 5.60. The van der Waals surface area contributed by atoms with Crippen molar-refractivity contribution >= 4 is 11.9 Å². The van der Waals surface area contributed by atoms with E-state index in [1.54, 1.807) is 0 Å². The number of hydrogen-bond acceptors (Lipinski definition) is 4. The second-order valence-electron chi connectivity index (χ2n) is 4.66. The molecule has 1 aromatic carbocycles. The van der Waals surface area contributed by atoms with E-state index in [2.05, 4.69) is 10.1 Å². The van der Waals surface area contributed by atoms with Crippen LogP contribution in [0.4, 0.5) is 8.78 Å².